The van der Waals surface area contributed by atoms with Crippen LogP contribution in [0.3, 0.4) is 0 Å². The van der Waals surface area contributed by atoms with E-state index in [-0.39, 0.29) is 12.1 Å². The number of hydrogen-bond donors (Lipinski definition) is 2. The van der Waals surface area contributed by atoms with E-state index < -0.39 is 17.9 Å². The lowest BCUT2D eigenvalue weighted by atomic mass is 10.1. The number of aliphatic carboxylic acids is 1. The molecule has 0 radical (unpaired) electrons. The Morgan fingerprint density at radius 1 is 1.43 bits per heavy atom. The normalized spacial score (nSPS) is 12.1. The van der Waals surface area contributed by atoms with Crippen molar-refractivity contribution in [1.29, 1.82) is 0 Å². The summed E-state index contributed by atoms with van der Waals surface area (Å²) in [4.78, 5) is 39.5. The smallest absolute Gasteiger partial charge is 0.326 e. The molecule has 7 nitrogen and oxygen atoms in total. The molecule has 23 heavy (non-hydrogen) atoms. The first-order valence-electron chi connectivity index (χ1n) is 7.09. The second kappa shape index (κ2) is 7.36. The number of aromatic nitrogens is 2. The van der Waals surface area contributed by atoms with Gasteiger partial charge in [0, 0.05) is 4.47 Å². The number of hydrogen-bond acceptors (Lipinski definition) is 4. The Bertz CT molecular complexity index is 803. The number of carbonyl (C=O) groups is 2. The van der Waals surface area contributed by atoms with Gasteiger partial charge < -0.3 is 10.4 Å². The van der Waals surface area contributed by atoms with Crippen molar-refractivity contribution in [2.75, 3.05) is 0 Å². The third-order valence-corrected chi connectivity index (χ3v) is 3.80. The first-order chi connectivity index (χ1) is 10.9. The Balaban J connectivity index is 2.21. The van der Waals surface area contributed by atoms with Gasteiger partial charge >= 0.3 is 5.97 Å². The van der Waals surface area contributed by atoms with Crippen LogP contribution in [0.15, 0.2) is 33.8 Å². The van der Waals surface area contributed by atoms with Gasteiger partial charge in [0.05, 0.1) is 17.2 Å². The average Bonchev–Trinajstić information content (AvgIpc) is 2.50. The van der Waals surface area contributed by atoms with Gasteiger partial charge in [-0.2, -0.15) is 0 Å². The molecule has 0 spiro atoms. The van der Waals surface area contributed by atoms with Gasteiger partial charge in [-0.15, -0.1) is 0 Å². The highest BCUT2D eigenvalue weighted by molar-refractivity contribution is 9.10. The molecule has 1 atom stereocenters. The summed E-state index contributed by atoms with van der Waals surface area (Å²) >= 11 is 3.29. The van der Waals surface area contributed by atoms with Gasteiger partial charge in [-0.1, -0.05) is 29.3 Å². The van der Waals surface area contributed by atoms with Gasteiger partial charge in [0.1, 0.15) is 12.6 Å². The molecular weight excluding hydrogens is 366 g/mol. The summed E-state index contributed by atoms with van der Waals surface area (Å²) in [7, 11) is 0. The zero-order valence-electron chi connectivity index (χ0n) is 12.5. The van der Waals surface area contributed by atoms with Crippen LogP contribution in [0.25, 0.3) is 10.9 Å². The molecule has 0 aliphatic carbocycles. The monoisotopic (exact) mass is 381 g/mol. The van der Waals surface area contributed by atoms with E-state index in [9.17, 15) is 14.4 Å². The maximum Gasteiger partial charge on any atom is 0.326 e. The van der Waals surface area contributed by atoms with E-state index in [1.165, 1.54) is 6.33 Å². The first kappa shape index (κ1) is 17.1. The fourth-order valence-corrected chi connectivity index (χ4v) is 2.55. The predicted molar refractivity (Wildman–Crippen MR) is 88.2 cm³/mol. The molecule has 2 rings (SSSR count). The van der Waals surface area contributed by atoms with Crippen molar-refractivity contribution in [3.8, 4) is 0 Å². The van der Waals surface area contributed by atoms with Crippen molar-refractivity contribution in [3.05, 3.63) is 39.4 Å². The summed E-state index contributed by atoms with van der Waals surface area (Å²) in [6.45, 7) is 1.56. The Morgan fingerprint density at radius 3 is 2.83 bits per heavy atom. The van der Waals surface area contributed by atoms with Gasteiger partial charge in [-0.25, -0.2) is 9.78 Å². The first-order valence-corrected chi connectivity index (χ1v) is 7.88. The molecule has 0 bridgehead atoms. The number of nitrogens with zero attached hydrogens (tertiary/aromatic N) is 2. The molecule has 0 aliphatic rings. The molecule has 0 aliphatic heterocycles. The van der Waals surface area contributed by atoms with Crippen LogP contribution in [0.5, 0.6) is 0 Å². The van der Waals surface area contributed by atoms with E-state index in [0.717, 1.165) is 9.04 Å². The van der Waals surface area contributed by atoms with E-state index in [2.05, 4.69) is 26.2 Å². The van der Waals surface area contributed by atoms with Crippen molar-refractivity contribution in [2.24, 2.45) is 0 Å². The van der Waals surface area contributed by atoms with Crippen LogP contribution in [0.2, 0.25) is 0 Å². The molecule has 122 valence electrons. The van der Waals surface area contributed by atoms with E-state index in [0.29, 0.717) is 23.7 Å². The van der Waals surface area contributed by atoms with Gasteiger partial charge in [0.2, 0.25) is 5.91 Å². The fraction of sp³-hybridized carbons (Fsp3) is 0.333. The van der Waals surface area contributed by atoms with Crippen LogP contribution in [-0.2, 0) is 16.1 Å². The van der Waals surface area contributed by atoms with E-state index in [1.54, 1.807) is 18.2 Å². The summed E-state index contributed by atoms with van der Waals surface area (Å²) in [6.07, 6.45) is 2.25. The molecule has 1 aromatic carbocycles. The van der Waals surface area contributed by atoms with Gasteiger partial charge in [0.25, 0.3) is 5.56 Å². The molecule has 1 amide bonds. The summed E-state index contributed by atoms with van der Waals surface area (Å²) in [5, 5.41) is 11.8. The van der Waals surface area contributed by atoms with Crippen molar-refractivity contribution >= 4 is 38.7 Å². The highest BCUT2D eigenvalue weighted by Crippen LogP contribution is 2.14. The Morgan fingerprint density at radius 2 is 2.17 bits per heavy atom. The van der Waals surface area contributed by atoms with E-state index >= 15 is 0 Å². The fourth-order valence-electron chi connectivity index (χ4n) is 2.18. The molecule has 0 fully saturated rings. The summed E-state index contributed by atoms with van der Waals surface area (Å²) < 4.78 is 1.90. The molecule has 1 unspecified atom stereocenters. The summed E-state index contributed by atoms with van der Waals surface area (Å²) in [6, 6.07) is 4.16. The second-order valence-electron chi connectivity index (χ2n) is 5.09. The topological polar surface area (TPSA) is 101 Å². The molecule has 8 heteroatoms. The van der Waals surface area contributed by atoms with Gasteiger partial charge in [0.15, 0.2) is 0 Å². The van der Waals surface area contributed by atoms with Crippen molar-refractivity contribution < 1.29 is 14.7 Å². The number of carbonyl (C=O) groups excluding carboxylic acids is 1. The van der Waals surface area contributed by atoms with Crippen LogP contribution in [0.1, 0.15) is 19.8 Å². The number of fused-ring (bicyclic) bond motifs is 1. The molecule has 2 aromatic rings. The van der Waals surface area contributed by atoms with Crippen LogP contribution in [0.4, 0.5) is 0 Å². The molecule has 0 saturated carbocycles. The largest absolute Gasteiger partial charge is 0.480 e. The minimum atomic E-state index is -1.09. The third-order valence-electron chi connectivity index (χ3n) is 3.31. The Kier molecular flexibility index (Phi) is 5.49. The number of carboxylic acid groups (broad SMARTS) is 1. The van der Waals surface area contributed by atoms with E-state index in [4.69, 9.17) is 5.11 Å². The number of amides is 1. The van der Waals surface area contributed by atoms with Crippen LogP contribution >= 0.6 is 15.9 Å². The number of rotatable bonds is 6. The minimum absolute atomic E-state index is 0.276. The standard InChI is InChI=1S/C15H16BrN3O4/c1-2-3-12(15(22)23)18-13(20)7-19-8-17-11-5-4-9(16)6-10(11)14(19)21/h4-6,8,12H,2-3,7H2,1H3,(H,18,20)(H,22,23). The molecular formula is C15H16BrN3O4. The van der Waals surface area contributed by atoms with Crippen molar-refractivity contribution in [2.45, 2.75) is 32.4 Å². The quantitative estimate of drug-likeness (QED) is 0.789. The lowest BCUT2D eigenvalue weighted by Crippen LogP contribution is -2.43. The maximum absolute atomic E-state index is 12.4. The highest BCUT2D eigenvalue weighted by Gasteiger charge is 2.19. The predicted octanol–water partition coefficient (Wildman–Crippen LogP) is 1.53. The zero-order chi connectivity index (χ0) is 17.0. The molecule has 2 N–H and O–H groups in total. The van der Waals surface area contributed by atoms with Crippen LogP contribution < -0.4 is 10.9 Å². The van der Waals surface area contributed by atoms with Crippen LogP contribution in [-0.4, -0.2) is 32.6 Å². The Labute approximate surface area is 140 Å². The minimum Gasteiger partial charge on any atom is -0.480 e. The zero-order valence-corrected chi connectivity index (χ0v) is 14.0. The van der Waals surface area contributed by atoms with Crippen molar-refractivity contribution in [1.82, 2.24) is 14.9 Å². The number of benzene rings is 1. The van der Waals surface area contributed by atoms with Crippen molar-refractivity contribution in [3.63, 3.8) is 0 Å². The Hall–Kier alpha value is -2.22. The number of halogens is 1. The van der Waals surface area contributed by atoms with Gasteiger partial charge in [-0.3, -0.25) is 14.2 Å². The molecule has 1 heterocycles. The number of carboxylic acids is 1. The lowest BCUT2D eigenvalue weighted by Gasteiger charge is -2.14. The van der Waals surface area contributed by atoms with Crippen LogP contribution in [0, 0.1) is 0 Å². The summed E-state index contributed by atoms with van der Waals surface area (Å²) in [5.74, 6) is -1.63. The average molecular weight is 382 g/mol. The maximum atomic E-state index is 12.4. The summed E-state index contributed by atoms with van der Waals surface area (Å²) in [5.41, 5.74) is 0.179. The highest BCUT2D eigenvalue weighted by atomic mass is 79.9. The molecule has 1 aromatic heterocycles. The van der Waals surface area contributed by atoms with Gasteiger partial charge in [-0.05, 0) is 24.6 Å². The third kappa shape index (κ3) is 4.16. The lowest BCUT2D eigenvalue weighted by molar-refractivity contribution is -0.142. The van der Waals surface area contributed by atoms with E-state index in [1.807, 2.05) is 6.92 Å². The second-order valence-corrected chi connectivity index (χ2v) is 6.00. The number of nitrogens with one attached hydrogen (secondary N) is 1. The molecule has 0 saturated heterocycles. The SMILES string of the molecule is CCCC(NC(=O)Cn1cnc2ccc(Br)cc2c1=O)C(=O)O.